The summed E-state index contributed by atoms with van der Waals surface area (Å²) < 4.78 is 37.5. The van der Waals surface area contributed by atoms with E-state index in [0.29, 0.717) is 31.8 Å². The topological polar surface area (TPSA) is 77.2 Å². The van der Waals surface area contributed by atoms with E-state index in [1.807, 2.05) is 85.5 Å². The summed E-state index contributed by atoms with van der Waals surface area (Å²) in [5.74, 6) is -1.41. The number of hydrogen-bond acceptors (Lipinski definition) is 5. The van der Waals surface area contributed by atoms with Crippen LogP contribution in [0.3, 0.4) is 0 Å². The molecule has 0 saturated carbocycles. The van der Waals surface area contributed by atoms with E-state index in [2.05, 4.69) is 15.3 Å². The quantitative estimate of drug-likeness (QED) is 0.244. The lowest BCUT2D eigenvalue weighted by molar-refractivity contribution is -0.121. The first-order valence-corrected chi connectivity index (χ1v) is 14.6. The first-order chi connectivity index (χ1) is 21.4. The van der Waals surface area contributed by atoms with Gasteiger partial charge in [0.25, 0.3) is 0 Å². The predicted octanol–water partition coefficient (Wildman–Crippen LogP) is 5.07. The van der Waals surface area contributed by atoms with Crippen molar-refractivity contribution in [3.05, 3.63) is 120 Å². The molecule has 0 spiro atoms. The number of ether oxygens (including phenoxy) is 1. The molecule has 1 saturated heterocycles. The average Bonchev–Trinajstić information content (AvgIpc) is 3.73. The van der Waals surface area contributed by atoms with Gasteiger partial charge < -0.3 is 10.1 Å². The second-order valence-corrected chi connectivity index (χ2v) is 11.1. The summed E-state index contributed by atoms with van der Waals surface area (Å²) in [6.45, 7) is 4.16. The maximum Gasteiger partial charge on any atom is 0.226 e. The molecule has 2 aromatic heterocycles. The first kappa shape index (κ1) is 29.3. The molecule has 0 aliphatic carbocycles. The minimum absolute atomic E-state index is 0.0894. The fourth-order valence-corrected chi connectivity index (χ4v) is 5.85. The summed E-state index contributed by atoms with van der Waals surface area (Å²) >= 11 is 0. The third-order valence-corrected chi connectivity index (χ3v) is 8.08. The van der Waals surface area contributed by atoms with Gasteiger partial charge in [-0.15, -0.1) is 0 Å². The molecule has 1 amide bonds. The fourth-order valence-electron chi connectivity index (χ4n) is 5.85. The number of carbonyl (C=O) groups is 1. The molecule has 8 nitrogen and oxygen atoms in total. The number of aromatic nitrogens is 4. The molecule has 1 N–H and O–H groups in total. The zero-order chi connectivity index (χ0) is 30.6. The second kappa shape index (κ2) is 12.8. The first-order valence-electron chi connectivity index (χ1n) is 14.6. The number of nitrogens with one attached hydrogen (secondary N) is 1. The lowest BCUT2D eigenvalue weighted by Crippen LogP contribution is -2.41. The van der Waals surface area contributed by atoms with Crippen molar-refractivity contribution in [1.82, 2.24) is 29.8 Å². The summed E-state index contributed by atoms with van der Waals surface area (Å²) in [6, 6.07) is 22.9. The number of aryl methyl sites for hydroxylation is 1. The van der Waals surface area contributed by atoms with Crippen LogP contribution in [0.4, 0.5) is 8.78 Å². The number of benzene rings is 3. The summed E-state index contributed by atoms with van der Waals surface area (Å²) in [5, 5.41) is 12.4. The molecule has 3 aromatic carbocycles. The van der Waals surface area contributed by atoms with E-state index >= 15 is 0 Å². The van der Waals surface area contributed by atoms with E-state index in [1.165, 1.54) is 6.07 Å². The maximum absolute atomic E-state index is 14.3. The molecule has 2 atom stereocenters. The van der Waals surface area contributed by atoms with Gasteiger partial charge in [0.1, 0.15) is 12.4 Å². The van der Waals surface area contributed by atoms with Crippen LogP contribution in [-0.4, -0.2) is 62.7 Å². The molecule has 226 valence electrons. The van der Waals surface area contributed by atoms with Crippen LogP contribution in [0, 0.1) is 18.6 Å². The van der Waals surface area contributed by atoms with Gasteiger partial charge in [0, 0.05) is 50.4 Å². The van der Waals surface area contributed by atoms with E-state index in [-0.39, 0.29) is 24.3 Å². The van der Waals surface area contributed by atoms with Crippen molar-refractivity contribution in [2.75, 3.05) is 26.2 Å². The van der Waals surface area contributed by atoms with Crippen LogP contribution >= 0.6 is 0 Å². The number of likely N-dealkylation sites (tertiary alicyclic amines) is 1. The molecule has 1 aliphatic rings. The molecule has 1 aliphatic heterocycles. The molecule has 0 unspecified atom stereocenters. The van der Waals surface area contributed by atoms with Crippen molar-refractivity contribution in [2.24, 2.45) is 7.05 Å². The van der Waals surface area contributed by atoms with Gasteiger partial charge in [0.15, 0.2) is 11.6 Å². The number of amides is 1. The number of nitrogens with zero attached hydrogens (tertiary/aromatic N) is 5. The molecule has 0 bridgehead atoms. The zero-order valence-corrected chi connectivity index (χ0v) is 24.7. The van der Waals surface area contributed by atoms with E-state index in [4.69, 9.17) is 9.84 Å². The zero-order valence-electron chi connectivity index (χ0n) is 24.7. The normalized spacial score (nSPS) is 16.7. The fraction of sp³-hybridized carbons (Fsp3) is 0.265. The second-order valence-electron chi connectivity index (χ2n) is 11.1. The van der Waals surface area contributed by atoms with Gasteiger partial charge in [-0.1, -0.05) is 42.5 Å². The molecule has 6 rings (SSSR count). The lowest BCUT2D eigenvalue weighted by atomic mass is 9.94. The summed E-state index contributed by atoms with van der Waals surface area (Å²) in [7, 11) is 1.85. The van der Waals surface area contributed by atoms with Gasteiger partial charge in [0.2, 0.25) is 5.91 Å². The molecular weight excluding hydrogens is 562 g/mol. The maximum atomic E-state index is 14.3. The monoisotopic (exact) mass is 596 g/mol. The van der Waals surface area contributed by atoms with Gasteiger partial charge in [-0.25, -0.2) is 13.5 Å². The largest absolute Gasteiger partial charge is 0.492 e. The standard InChI is InChI=1S/C34H34F2N6O2/c1-23-32(42(26-9-5-3-6-10-26)39-34(23)25-19-37-40(2)20-25)18-33(43)38-31-22-41(15-16-44-27-11-7-4-8-12-27)21-28(31)24-13-14-29(35)30(36)17-24/h3-14,17,19-20,28,31H,15-16,18,21-22H2,1-2H3,(H,38,43)/t28-,31+/m0/s1. The number of para-hydroxylation sites is 2. The highest BCUT2D eigenvalue weighted by Gasteiger charge is 2.35. The Kier molecular flexibility index (Phi) is 8.51. The van der Waals surface area contributed by atoms with E-state index in [9.17, 15) is 13.6 Å². The average molecular weight is 597 g/mol. The molecule has 3 heterocycles. The van der Waals surface area contributed by atoms with E-state index in [1.54, 1.807) is 16.9 Å². The van der Waals surface area contributed by atoms with Gasteiger partial charge in [-0.05, 0) is 54.4 Å². The Labute approximate surface area is 254 Å². The lowest BCUT2D eigenvalue weighted by Gasteiger charge is -2.21. The number of halogens is 2. The van der Waals surface area contributed by atoms with Crippen LogP contribution in [0.15, 0.2) is 91.3 Å². The third kappa shape index (κ3) is 6.40. The Morgan fingerprint density at radius 3 is 2.45 bits per heavy atom. The Morgan fingerprint density at radius 2 is 1.75 bits per heavy atom. The van der Waals surface area contributed by atoms with Gasteiger partial charge in [0.05, 0.1) is 29.7 Å². The molecule has 5 aromatic rings. The summed E-state index contributed by atoms with van der Waals surface area (Å²) in [4.78, 5) is 15.9. The van der Waals surface area contributed by atoms with Crippen molar-refractivity contribution in [3.63, 3.8) is 0 Å². The Balaban J connectivity index is 1.22. The van der Waals surface area contributed by atoms with Crippen molar-refractivity contribution in [1.29, 1.82) is 0 Å². The molecule has 44 heavy (non-hydrogen) atoms. The number of carbonyl (C=O) groups excluding carboxylic acids is 1. The van der Waals surface area contributed by atoms with Gasteiger partial charge in [-0.2, -0.15) is 10.2 Å². The van der Waals surface area contributed by atoms with Crippen LogP contribution < -0.4 is 10.1 Å². The molecule has 0 radical (unpaired) electrons. The van der Waals surface area contributed by atoms with Crippen LogP contribution in [-0.2, 0) is 18.3 Å². The number of rotatable bonds is 10. The molecule has 1 fully saturated rings. The summed E-state index contributed by atoms with van der Waals surface area (Å²) in [5.41, 5.74) is 4.77. The summed E-state index contributed by atoms with van der Waals surface area (Å²) in [6.07, 6.45) is 3.75. The van der Waals surface area contributed by atoms with E-state index in [0.717, 1.165) is 40.0 Å². The SMILES string of the molecule is Cc1c(-c2cnn(C)c2)nn(-c2ccccc2)c1CC(=O)N[C@@H]1CN(CCOc2ccccc2)C[C@H]1c1ccc(F)c(F)c1. The third-order valence-electron chi connectivity index (χ3n) is 8.08. The van der Waals surface area contributed by atoms with Crippen LogP contribution in [0.2, 0.25) is 0 Å². The van der Waals surface area contributed by atoms with E-state index < -0.39 is 11.6 Å². The highest BCUT2D eigenvalue weighted by atomic mass is 19.2. The smallest absolute Gasteiger partial charge is 0.226 e. The van der Waals surface area contributed by atoms with Crippen LogP contribution in [0.5, 0.6) is 5.75 Å². The molecular formula is C34H34F2N6O2. The van der Waals surface area contributed by atoms with Crippen molar-refractivity contribution in [3.8, 4) is 22.7 Å². The Morgan fingerprint density at radius 1 is 1.00 bits per heavy atom. The van der Waals surface area contributed by atoms with Gasteiger partial charge >= 0.3 is 0 Å². The van der Waals surface area contributed by atoms with Crippen LogP contribution in [0.25, 0.3) is 16.9 Å². The predicted molar refractivity (Wildman–Crippen MR) is 164 cm³/mol. The van der Waals surface area contributed by atoms with Crippen LogP contribution in [0.1, 0.15) is 22.7 Å². The molecule has 10 heteroatoms. The Hall–Kier alpha value is -4.83. The highest BCUT2D eigenvalue weighted by molar-refractivity contribution is 5.80. The Bertz CT molecular complexity index is 1740. The highest BCUT2D eigenvalue weighted by Crippen LogP contribution is 2.30. The van der Waals surface area contributed by atoms with Gasteiger partial charge in [-0.3, -0.25) is 14.4 Å². The van der Waals surface area contributed by atoms with Crippen molar-refractivity contribution < 1.29 is 18.3 Å². The van der Waals surface area contributed by atoms with Crippen molar-refractivity contribution >= 4 is 5.91 Å². The number of hydrogen-bond donors (Lipinski definition) is 1. The minimum Gasteiger partial charge on any atom is -0.492 e. The minimum atomic E-state index is -0.899. The van der Waals surface area contributed by atoms with Crippen molar-refractivity contribution in [2.45, 2.75) is 25.3 Å².